The Morgan fingerprint density at radius 2 is 1.78 bits per heavy atom. The molecule has 4 heteroatoms. The summed E-state index contributed by atoms with van der Waals surface area (Å²) in [6, 6.07) is 16.3. The van der Waals surface area contributed by atoms with Crippen LogP contribution >= 0.6 is 0 Å². The molecule has 2 aromatic rings. The summed E-state index contributed by atoms with van der Waals surface area (Å²) < 4.78 is 5.43. The lowest BCUT2D eigenvalue weighted by Gasteiger charge is -2.26. The SMILES string of the molecule is COc1ccccc1-c1ccc(C(=O)N(C)CCC(C)N2CCCC2)cc1. The van der Waals surface area contributed by atoms with E-state index in [0.717, 1.165) is 35.4 Å². The monoisotopic (exact) mass is 366 g/mol. The number of hydrogen-bond acceptors (Lipinski definition) is 3. The van der Waals surface area contributed by atoms with Gasteiger partial charge in [-0.05, 0) is 63.0 Å². The average molecular weight is 367 g/mol. The zero-order valence-electron chi connectivity index (χ0n) is 16.6. The van der Waals surface area contributed by atoms with Gasteiger partial charge in [0.15, 0.2) is 0 Å². The number of rotatable bonds is 7. The highest BCUT2D eigenvalue weighted by molar-refractivity contribution is 5.94. The average Bonchev–Trinajstić information content (AvgIpc) is 3.26. The number of benzene rings is 2. The van der Waals surface area contributed by atoms with Gasteiger partial charge in [0.2, 0.25) is 0 Å². The first kappa shape index (κ1) is 19.4. The molecule has 1 fully saturated rings. The van der Waals surface area contributed by atoms with Crippen LogP contribution in [-0.2, 0) is 0 Å². The maximum Gasteiger partial charge on any atom is 0.253 e. The molecule has 1 atom stereocenters. The first-order valence-electron chi connectivity index (χ1n) is 9.83. The van der Waals surface area contributed by atoms with E-state index in [4.69, 9.17) is 4.74 Å². The van der Waals surface area contributed by atoms with E-state index >= 15 is 0 Å². The van der Waals surface area contributed by atoms with Crippen molar-refractivity contribution in [3.8, 4) is 16.9 Å². The molecule has 1 aliphatic heterocycles. The Hall–Kier alpha value is -2.33. The molecule has 2 aromatic carbocycles. The molecule has 0 aliphatic carbocycles. The maximum absolute atomic E-state index is 12.7. The summed E-state index contributed by atoms with van der Waals surface area (Å²) in [5.74, 6) is 0.916. The number of methoxy groups -OCH3 is 1. The maximum atomic E-state index is 12.7. The fraction of sp³-hybridized carbons (Fsp3) is 0.435. The summed E-state index contributed by atoms with van der Waals surface area (Å²) in [5.41, 5.74) is 2.81. The Morgan fingerprint density at radius 3 is 2.44 bits per heavy atom. The summed E-state index contributed by atoms with van der Waals surface area (Å²) in [5, 5.41) is 0. The van der Waals surface area contributed by atoms with Crippen LogP contribution in [0.1, 0.15) is 36.5 Å². The molecule has 0 N–H and O–H groups in total. The third-order valence-corrected chi connectivity index (χ3v) is 5.54. The molecule has 0 saturated carbocycles. The van der Waals surface area contributed by atoms with E-state index in [1.807, 2.05) is 60.5 Å². The largest absolute Gasteiger partial charge is 0.496 e. The Labute approximate surface area is 162 Å². The van der Waals surface area contributed by atoms with Crippen molar-refractivity contribution in [1.82, 2.24) is 9.80 Å². The van der Waals surface area contributed by atoms with Crippen molar-refractivity contribution in [2.45, 2.75) is 32.2 Å². The van der Waals surface area contributed by atoms with E-state index in [2.05, 4.69) is 11.8 Å². The summed E-state index contributed by atoms with van der Waals surface area (Å²) in [7, 11) is 3.57. The molecule has 0 bridgehead atoms. The predicted molar refractivity (Wildman–Crippen MR) is 110 cm³/mol. The van der Waals surface area contributed by atoms with Crippen molar-refractivity contribution < 1.29 is 9.53 Å². The summed E-state index contributed by atoms with van der Waals surface area (Å²) in [6.07, 6.45) is 3.62. The lowest BCUT2D eigenvalue weighted by Crippen LogP contribution is -2.35. The van der Waals surface area contributed by atoms with Crippen LogP contribution in [0.3, 0.4) is 0 Å². The lowest BCUT2D eigenvalue weighted by molar-refractivity contribution is 0.0781. The number of ether oxygens (including phenoxy) is 1. The second kappa shape index (κ2) is 9.05. The van der Waals surface area contributed by atoms with Gasteiger partial charge in [0.1, 0.15) is 5.75 Å². The number of hydrogen-bond donors (Lipinski definition) is 0. The molecular formula is C23H30N2O2. The fourth-order valence-corrected chi connectivity index (χ4v) is 3.74. The van der Waals surface area contributed by atoms with Crippen molar-refractivity contribution in [3.63, 3.8) is 0 Å². The van der Waals surface area contributed by atoms with Crippen molar-refractivity contribution in [3.05, 3.63) is 54.1 Å². The van der Waals surface area contributed by atoms with Crippen LogP contribution in [0.4, 0.5) is 0 Å². The number of likely N-dealkylation sites (tertiary alicyclic amines) is 1. The van der Waals surface area contributed by atoms with Crippen molar-refractivity contribution in [2.24, 2.45) is 0 Å². The molecule has 1 unspecified atom stereocenters. The van der Waals surface area contributed by atoms with E-state index in [9.17, 15) is 4.79 Å². The van der Waals surface area contributed by atoms with E-state index in [0.29, 0.717) is 6.04 Å². The summed E-state index contributed by atoms with van der Waals surface area (Å²) in [6.45, 7) is 5.45. The van der Waals surface area contributed by atoms with Gasteiger partial charge >= 0.3 is 0 Å². The number of para-hydroxylation sites is 1. The third-order valence-electron chi connectivity index (χ3n) is 5.54. The van der Waals surface area contributed by atoms with E-state index in [-0.39, 0.29) is 5.91 Å². The number of carbonyl (C=O) groups is 1. The molecule has 27 heavy (non-hydrogen) atoms. The van der Waals surface area contributed by atoms with Gasteiger partial charge in [-0.15, -0.1) is 0 Å². The Kier molecular flexibility index (Phi) is 6.51. The van der Waals surface area contributed by atoms with Gasteiger partial charge in [-0.25, -0.2) is 0 Å². The van der Waals surface area contributed by atoms with E-state index in [1.54, 1.807) is 7.11 Å². The van der Waals surface area contributed by atoms with Crippen LogP contribution in [0.2, 0.25) is 0 Å². The van der Waals surface area contributed by atoms with Gasteiger partial charge in [0.05, 0.1) is 7.11 Å². The Morgan fingerprint density at radius 1 is 1.11 bits per heavy atom. The van der Waals surface area contributed by atoms with Gasteiger partial charge in [0.25, 0.3) is 5.91 Å². The van der Waals surface area contributed by atoms with Crippen molar-refractivity contribution in [2.75, 3.05) is 33.8 Å². The van der Waals surface area contributed by atoms with Crippen LogP contribution in [0, 0.1) is 0 Å². The minimum Gasteiger partial charge on any atom is -0.496 e. The van der Waals surface area contributed by atoms with Crippen LogP contribution in [-0.4, -0.2) is 55.5 Å². The van der Waals surface area contributed by atoms with Gasteiger partial charge in [-0.3, -0.25) is 4.79 Å². The van der Waals surface area contributed by atoms with Gasteiger partial charge in [-0.1, -0.05) is 30.3 Å². The highest BCUT2D eigenvalue weighted by Crippen LogP contribution is 2.29. The Balaban J connectivity index is 1.61. The molecule has 144 valence electrons. The minimum atomic E-state index is 0.0789. The van der Waals surface area contributed by atoms with E-state index < -0.39 is 0 Å². The first-order chi connectivity index (χ1) is 13.1. The Bertz CT molecular complexity index is 751. The second-order valence-electron chi connectivity index (χ2n) is 7.39. The lowest BCUT2D eigenvalue weighted by atomic mass is 10.0. The number of nitrogens with zero attached hydrogens (tertiary/aromatic N) is 2. The molecule has 0 radical (unpaired) electrons. The highest BCUT2D eigenvalue weighted by atomic mass is 16.5. The van der Waals surface area contributed by atoms with Crippen LogP contribution in [0.15, 0.2) is 48.5 Å². The minimum absolute atomic E-state index is 0.0789. The van der Waals surface area contributed by atoms with Gasteiger partial charge in [-0.2, -0.15) is 0 Å². The van der Waals surface area contributed by atoms with Gasteiger partial charge < -0.3 is 14.5 Å². The number of carbonyl (C=O) groups excluding carboxylic acids is 1. The standard InChI is InChI=1S/C23H30N2O2/c1-18(25-15-6-7-16-25)14-17-24(2)23(26)20-12-10-19(11-13-20)21-8-4-5-9-22(21)27-3/h4-5,8-13,18H,6-7,14-17H2,1-3H3. The first-order valence-corrected chi connectivity index (χ1v) is 9.83. The number of amides is 1. The quantitative estimate of drug-likeness (QED) is 0.732. The molecule has 0 spiro atoms. The molecular weight excluding hydrogens is 336 g/mol. The topological polar surface area (TPSA) is 32.8 Å². The highest BCUT2D eigenvalue weighted by Gasteiger charge is 2.19. The van der Waals surface area contributed by atoms with Crippen LogP contribution in [0.5, 0.6) is 5.75 Å². The molecule has 1 aliphatic rings. The van der Waals surface area contributed by atoms with Crippen LogP contribution in [0.25, 0.3) is 11.1 Å². The van der Waals surface area contributed by atoms with E-state index in [1.165, 1.54) is 25.9 Å². The summed E-state index contributed by atoms with van der Waals surface area (Å²) in [4.78, 5) is 17.1. The molecule has 0 aromatic heterocycles. The second-order valence-corrected chi connectivity index (χ2v) is 7.39. The normalized spacial score (nSPS) is 15.5. The molecule has 1 heterocycles. The molecule has 1 saturated heterocycles. The zero-order chi connectivity index (χ0) is 19.2. The molecule has 3 rings (SSSR count). The van der Waals surface area contributed by atoms with Gasteiger partial charge in [0, 0.05) is 30.8 Å². The predicted octanol–water partition coefficient (Wildman–Crippen LogP) is 4.31. The summed E-state index contributed by atoms with van der Waals surface area (Å²) >= 11 is 0. The fourth-order valence-electron chi connectivity index (χ4n) is 3.74. The van der Waals surface area contributed by atoms with Crippen molar-refractivity contribution >= 4 is 5.91 Å². The third kappa shape index (κ3) is 4.69. The molecule has 1 amide bonds. The van der Waals surface area contributed by atoms with Crippen molar-refractivity contribution in [1.29, 1.82) is 0 Å². The smallest absolute Gasteiger partial charge is 0.253 e. The molecule has 4 nitrogen and oxygen atoms in total. The van der Waals surface area contributed by atoms with Crippen LogP contribution < -0.4 is 4.74 Å². The zero-order valence-corrected chi connectivity index (χ0v) is 16.6.